The Morgan fingerprint density at radius 2 is 2.09 bits per heavy atom. The van der Waals surface area contributed by atoms with E-state index in [4.69, 9.17) is 11.6 Å². The first-order valence-electron chi connectivity index (χ1n) is 6.78. The molecule has 1 amide bonds. The molecular weight excluding hydrogens is 358 g/mol. The van der Waals surface area contributed by atoms with Crippen LogP contribution in [0.15, 0.2) is 32.9 Å². The van der Waals surface area contributed by atoms with Gasteiger partial charge in [0.15, 0.2) is 8.68 Å². The summed E-state index contributed by atoms with van der Waals surface area (Å²) < 4.78 is 1.75. The molecule has 8 heteroatoms. The number of rotatable bonds is 7. The molecule has 0 aliphatic rings. The molecule has 0 saturated heterocycles. The average molecular weight is 374 g/mol. The fourth-order valence-corrected chi connectivity index (χ4v) is 4.77. The van der Waals surface area contributed by atoms with E-state index in [1.54, 1.807) is 23.9 Å². The van der Waals surface area contributed by atoms with Crippen molar-refractivity contribution in [2.24, 2.45) is 0 Å². The summed E-state index contributed by atoms with van der Waals surface area (Å²) in [4.78, 5) is 12.2. The first kappa shape index (κ1) is 17.6. The molecule has 1 atom stereocenters. The smallest absolute Gasteiger partial charge is 0.237 e. The van der Waals surface area contributed by atoms with Crippen LogP contribution < -0.4 is 5.32 Å². The highest BCUT2D eigenvalue weighted by atomic mass is 35.5. The number of anilines is 1. The third-order valence-corrected chi connectivity index (χ3v) is 6.37. The van der Waals surface area contributed by atoms with Crippen molar-refractivity contribution in [1.29, 1.82) is 0 Å². The predicted octanol–water partition coefficient (Wildman–Crippen LogP) is 4.81. The maximum atomic E-state index is 12.2. The second-order valence-electron chi connectivity index (χ2n) is 4.41. The number of benzene rings is 1. The number of halogens is 1. The molecule has 1 aromatic carbocycles. The van der Waals surface area contributed by atoms with Gasteiger partial charge in [-0.05, 0) is 25.5 Å². The Labute approximate surface area is 147 Å². The van der Waals surface area contributed by atoms with Gasteiger partial charge >= 0.3 is 0 Å². The van der Waals surface area contributed by atoms with Crippen molar-refractivity contribution in [3.8, 4) is 0 Å². The highest BCUT2D eigenvalue weighted by Gasteiger charge is 2.18. The first-order chi connectivity index (χ1) is 10.6. The van der Waals surface area contributed by atoms with E-state index in [9.17, 15) is 4.79 Å². The van der Waals surface area contributed by atoms with Gasteiger partial charge in [-0.25, -0.2) is 0 Å². The van der Waals surface area contributed by atoms with E-state index in [1.165, 1.54) is 23.1 Å². The van der Waals surface area contributed by atoms with Gasteiger partial charge in [0.2, 0.25) is 5.91 Å². The molecular formula is C14H16ClN3OS3. The number of para-hydroxylation sites is 1. The van der Waals surface area contributed by atoms with Crippen molar-refractivity contribution in [2.45, 2.75) is 34.2 Å². The van der Waals surface area contributed by atoms with Crippen molar-refractivity contribution in [3.63, 3.8) is 0 Å². The lowest BCUT2D eigenvalue weighted by Gasteiger charge is -2.11. The highest BCUT2D eigenvalue weighted by molar-refractivity contribution is 8.03. The van der Waals surface area contributed by atoms with Gasteiger partial charge in [-0.3, -0.25) is 4.79 Å². The fourth-order valence-electron chi connectivity index (χ4n) is 1.49. The third kappa shape index (κ3) is 5.15. The number of amides is 1. The van der Waals surface area contributed by atoms with Crippen LogP contribution in [0.3, 0.4) is 0 Å². The van der Waals surface area contributed by atoms with Gasteiger partial charge in [0.1, 0.15) is 0 Å². The Balaban J connectivity index is 1.91. The normalized spacial score (nSPS) is 12.1. The quantitative estimate of drug-likeness (QED) is 0.705. The molecule has 1 heterocycles. The standard InChI is InChI=1S/C14H16ClN3OS3/c1-3-8-20-13-17-18-14(22-13)21-9(2)12(19)16-11-7-5-4-6-10(11)15/h4-7,9H,3,8H2,1-2H3,(H,16,19)/t9-/m1/s1. The number of hydrogen-bond donors (Lipinski definition) is 1. The monoisotopic (exact) mass is 373 g/mol. The highest BCUT2D eigenvalue weighted by Crippen LogP contribution is 2.32. The Bertz CT molecular complexity index is 635. The van der Waals surface area contributed by atoms with Gasteiger partial charge in [-0.15, -0.1) is 10.2 Å². The van der Waals surface area contributed by atoms with E-state index >= 15 is 0 Å². The van der Waals surface area contributed by atoms with E-state index in [1.807, 2.05) is 19.1 Å². The molecule has 0 radical (unpaired) electrons. The SMILES string of the molecule is CCCSc1nnc(S[C@H](C)C(=O)Nc2ccccc2Cl)s1. The maximum Gasteiger partial charge on any atom is 0.237 e. The van der Waals surface area contributed by atoms with Crippen LogP contribution in [-0.2, 0) is 4.79 Å². The van der Waals surface area contributed by atoms with Crippen LogP contribution in [-0.4, -0.2) is 27.1 Å². The van der Waals surface area contributed by atoms with Crippen molar-refractivity contribution < 1.29 is 4.79 Å². The number of nitrogens with zero attached hydrogens (tertiary/aromatic N) is 2. The molecule has 118 valence electrons. The molecule has 1 aromatic heterocycles. The van der Waals surface area contributed by atoms with E-state index in [0.29, 0.717) is 10.7 Å². The Morgan fingerprint density at radius 3 is 2.82 bits per heavy atom. The predicted molar refractivity (Wildman–Crippen MR) is 96.3 cm³/mol. The van der Waals surface area contributed by atoms with E-state index < -0.39 is 0 Å². The molecule has 0 unspecified atom stereocenters. The first-order valence-corrected chi connectivity index (χ1v) is 9.84. The molecule has 2 aromatic rings. The van der Waals surface area contributed by atoms with E-state index in [2.05, 4.69) is 22.4 Å². The lowest BCUT2D eigenvalue weighted by atomic mass is 10.3. The molecule has 0 bridgehead atoms. The molecule has 0 aliphatic heterocycles. The van der Waals surface area contributed by atoms with Crippen molar-refractivity contribution in [3.05, 3.63) is 29.3 Å². The zero-order valence-electron chi connectivity index (χ0n) is 12.2. The molecule has 0 spiro atoms. The minimum absolute atomic E-state index is 0.101. The zero-order valence-corrected chi connectivity index (χ0v) is 15.4. The molecule has 22 heavy (non-hydrogen) atoms. The second-order valence-corrected chi connectivity index (χ2v) is 8.73. The summed E-state index contributed by atoms with van der Waals surface area (Å²) in [7, 11) is 0. The van der Waals surface area contributed by atoms with Crippen LogP contribution >= 0.6 is 46.5 Å². The second kappa shape index (κ2) is 8.76. The summed E-state index contributed by atoms with van der Waals surface area (Å²) in [6.07, 6.45) is 1.10. The van der Waals surface area contributed by atoms with Gasteiger partial charge in [0, 0.05) is 5.75 Å². The Kier molecular flexibility index (Phi) is 7.01. The number of hydrogen-bond acceptors (Lipinski definition) is 6. The summed E-state index contributed by atoms with van der Waals surface area (Å²) in [5.41, 5.74) is 0.623. The van der Waals surface area contributed by atoms with Crippen molar-refractivity contribution in [2.75, 3.05) is 11.1 Å². The molecule has 0 aliphatic carbocycles. The number of carbonyl (C=O) groups is 1. The largest absolute Gasteiger partial charge is 0.324 e. The minimum atomic E-state index is -0.270. The van der Waals surface area contributed by atoms with Crippen LogP contribution in [0.25, 0.3) is 0 Å². The Morgan fingerprint density at radius 1 is 1.36 bits per heavy atom. The van der Waals surface area contributed by atoms with Crippen LogP contribution in [0.4, 0.5) is 5.69 Å². The molecule has 0 saturated carbocycles. The molecule has 0 fully saturated rings. The van der Waals surface area contributed by atoms with Crippen molar-refractivity contribution >= 4 is 58.1 Å². The number of carbonyl (C=O) groups excluding carboxylic acids is 1. The van der Waals surface area contributed by atoms with Crippen molar-refractivity contribution in [1.82, 2.24) is 10.2 Å². The molecule has 4 nitrogen and oxygen atoms in total. The fraction of sp³-hybridized carbons (Fsp3) is 0.357. The van der Waals surface area contributed by atoms with Gasteiger partial charge < -0.3 is 5.32 Å². The lowest BCUT2D eigenvalue weighted by molar-refractivity contribution is -0.115. The summed E-state index contributed by atoms with van der Waals surface area (Å²) >= 11 is 10.7. The average Bonchev–Trinajstić information content (AvgIpc) is 2.94. The van der Waals surface area contributed by atoms with Gasteiger partial charge in [0.25, 0.3) is 0 Å². The number of aromatic nitrogens is 2. The third-order valence-electron chi connectivity index (χ3n) is 2.60. The van der Waals surface area contributed by atoms with Gasteiger partial charge in [0.05, 0.1) is 16.0 Å². The molecule has 2 rings (SSSR count). The maximum absolute atomic E-state index is 12.2. The van der Waals surface area contributed by atoms with Crippen LogP contribution in [0.5, 0.6) is 0 Å². The van der Waals surface area contributed by atoms with E-state index in [-0.39, 0.29) is 11.2 Å². The van der Waals surface area contributed by atoms with E-state index in [0.717, 1.165) is 20.9 Å². The number of thioether (sulfide) groups is 2. The van der Waals surface area contributed by atoms with Crippen LogP contribution in [0.2, 0.25) is 5.02 Å². The minimum Gasteiger partial charge on any atom is -0.324 e. The summed E-state index contributed by atoms with van der Waals surface area (Å²) in [5, 5.41) is 11.3. The lowest BCUT2D eigenvalue weighted by Crippen LogP contribution is -2.22. The summed E-state index contributed by atoms with van der Waals surface area (Å²) in [6.45, 7) is 3.97. The van der Waals surface area contributed by atoms with Gasteiger partial charge in [-0.1, -0.05) is 65.5 Å². The van der Waals surface area contributed by atoms with Crippen LogP contribution in [0, 0.1) is 0 Å². The van der Waals surface area contributed by atoms with Gasteiger partial charge in [-0.2, -0.15) is 0 Å². The zero-order chi connectivity index (χ0) is 15.9. The number of nitrogens with one attached hydrogen (secondary N) is 1. The van der Waals surface area contributed by atoms with Crippen LogP contribution in [0.1, 0.15) is 20.3 Å². The Hall–Kier alpha value is -0.760. The molecule has 1 N–H and O–H groups in total. The summed E-state index contributed by atoms with van der Waals surface area (Å²) in [5.74, 6) is 0.929. The topological polar surface area (TPSA) is 54.9 Å². The summed E-state index contributed by atoms with van der Waals surface area (Å²) in [6, 6.07) is 7.19.